The first-order valence-corrected chi connectivity index (χ1v) is 17.0. The van der Waals surface area contributed by atoms with Crippen molar-refractivity contribution in [1.29, 1.82) is 0 Å². The van der Waals surface area contributed by atoms with E-state index in [2.05, 4.69) is 10.5 Å². The molecule has 2 amide bonds. The standard InChI is InChI=1S/C35H50ClN3O7/c1-6-11-27(30(41)33(44)45-5)37-31(42)29-20-35(19-28(38-46-35)23-14-10-15-24(36)17-23)21-39(29)32(43)26(34(2,3)4)18-25(40)16-22-12-8-7-9-13-22/h10,14-15,17,22,26-27,29-30,41H,6-9,11-13,16,18-21H2,1-5H3,(H,37,42)/t26-,27+,29+,30?,35-/m1/s1. The molecule has 0 radical (unpaired) electrons. The van der Waals surface area contributed by atoms with Crippen LogP contribution in [0.4, 0.5) is 0 Å². The van der Waals surface area contributed by atoms with Crippen molar-refractivity contribution in [3.63, 3.8) is 0 Å². The van der Waals surface area contributed by atoms with Gasteiger partial charge in [0.25, 0.3) is 0 Å². The topological polar surface area (TPSA) is 135 Å². The summed E-state index contributed by atoms with van der Waals surface area (Å²) in [6.45, 7) is 7.81. The van der Waals surface area contributed by atoms with Gasteiger partial charge >= 0.3 is 5.97 Å². The van der Waals surface area contributed by atoms with E-state index in [-0.39, 0.29) is 31.1 Å². The Labute approximate surface area is 277 Å². The molecule has 11 heteroatoms. The number of hydrogen-bond acceptors (Lipinski definition) is 8. The minimum absolute atomic E-state index is 0.0722. The third-order valence-corrected chi connectivity index (χ3v) is 9.99. The lowest BCUT2D eigenvalue weighted by Crippen LogP contribution is -2.55. The van der Waals surface area contributed by atoms with E-state index in [9.17, 15) is 24.3 Å². The normalized spacial score (nSPS) is 23.8. The zero-order chi connectivity index (χ0) is 33.6. The van der Waals surface area contributed by atoms with Gasteiger partial charge in [0.2, 0.25) is 11.8 Å². The largest absolute Gasteiger partial charge is 0.467 e. The lowest BCUT2D eigenvalue weighted by Gasteiger charge is -2.35. The molecule has 1 saturated heterocycles. The number of ketones is 1. The first-order valence-electron chi connectivity index (χ1n) is 16.7. The average Bonchev–Trinajstić information content (AvgIpc) is 3.62. The number of esters is 1. The fourth-order valence-electron chi connectivity index (χ4n) is 7.12. The van der Waals surface area contributed by atoms with Crippen LogP contribution in [-0.2, 0) is 28.8 Å². The smallest absolute Gasteiger partial charge is 0.336 e. The molecule has 2 N–H and O–H groups in total. The Balaban J connectivity index is 1.60. The fraction of sp³-hybridized carbons (Fsp3) is 0.686. The minimum atomic E-state index is -1.56. The van der Waals surface area contributed by atoms with Crippen LogP contribution in [0.2, 0.25) is 5.02 Å². The van der Waals surface area contributed by atoms with Crippen molar-refractivity contribution in [2.75, 3.05) is 13.7 Å². The van der Waals surface area contributed by atoms with Crippen LogP contribution in [0.3, 0.4) is 0 Å². The number of ether oxygens (including phenoxy) is 1. The molecule has 2 fully saturated rings. The van der Waals surface area contributed by atoms with Crippen LogP contribution in [-0.4, -0.2) is 76.7 Å². The summed E-state index contributed by atoms with van der Waals surface area (Å²) in [7, 11) is 1.18. The Morgan fingerprint density at radius 3 is 2.54 bits per heavy atom. The molecule has 1 saturated carbocycles. The summed E-state index contributed by atoms with van der Waals surface area (Å²) in [6, 6.07) is 5.39. The Morgan fingerprint density at radius 1 is 1.20 bits per heavy atom. The van der Waals surface area contributed by atoms with Crippen LogP contribution < -0.4 is 5.32 Å². The van der Waals surface area contributed by atoms with Crippen LogP contribution >= 0.6 is 11.6 Å². The number of rotatable bonds is 12. The van der Waals surface area contributed by atoms with Crippen molar-refractivity contribution in [3.05, 3.63) is 34.9 Å². The second kappa shape index (κ2) is 15.3. The van der Waals surface area contributed by atoms with Gasteiger partial charge in [-0.25, -0.2) is 4.79 Å². The van der Waals surface area contributed by atoms with E-state index in [0.717, 1.165) is 31.2 Å². The molecule has 0 aromatic heterocycles. The number of benzene rings is 1. The predicted octanol–water partition coefficient (Wildman–Crippen LogP) is 5.21. The summed E-state index contributed by atoms with van der Waals surface area (Å²) in [5.74, 6) is -1.87. The Kier molecular flexibility index (Phi) is 11.9. The quantitative estimate of drug-likeness (QED) is 0.294. The summed E-state index contributed by atoms with van der Waals surface area (Å²) in [6.07, 6.45) is 5.98. The Morgan fingerprint density at radius 2 is 1.91 bits per heavy atom. The number of oxime groups is 1. The maximum absolute atomic E-state index is 14.5. The van der Waals surface area contributed by atoms with Crippen molar-refractivity contribution in [2.24, 2.45) is 22.4 Å². The molecule has 10 nitrogen and oxygen atoms in total. The zero-order valence-corrected chi connectivity index (χ0v) is 28.6. The van der Waals surface area contributed by atoms with E-state index in [1.165, 1.54) is 18.4 Å². The summed E-state index contributed by atoms with van der Waals surface area (Å²) in [5.41, 5.74) is -0.0670. The number of carbonyl (C=O) groups is 4. The van der Waals surface area contributed by atoms with Gasteiger partial charge in [0.05, 0.1) is 25.4 Å². The highest BCUT2D eigenvalue weighted by molar-refractivity contribution is 6.31. The zero-order valence-electron chi connectivity index (χ0n) is 27.9. The molecule has 1 aliphatic carbocycles. The van der Waals surface area contributed by atoms with E-state index in [1.54, 1.807) is 12.1 Å². The van der Waals surface area contributed by atoms with E-state index in [0.29, 0.717) is 42.3 Å². The number of aliphatic hydroxyl groups excluding tert-OH is 1. The number of amides is 2. The van der Waals surface area contributed by atoms with Crippen LogP contribution in [0.25, 0.3) is 0 Å². The molecule has 254 valence electrons. The van der Waals surface area contributed by atoms with Gasteiger partial charge in [-0.3, -0.25) is 14.4 Å². The molecule has 1 spiro atoms. The van der Waals surface area contributed by atoms with Gasteiger partial charge in [0.15, 0.2) is 11.7 Å². The van der Waals surface area contributed by atoms with Crippen molar-refractivity contribution in [2.45, 2.75) is 122 Å². The number of likely N-dealkylation sites (tertiary alicyclic amines) is 1. The lowest BCUT2D eigenvalue weighted by atomic mass is 9.75. The van der Waals surface area contributed by atoms with E-state index < -0.39 is 47.0 Å². The fourth-order valence-corrected chi connectivity index (χ4v) is 7.31. The molecule has 3 aliphatic rings. The van der Waals surface area contributed by atoms with Crippen LogP contribution in [0.1, 0.15) is 104 Å². The number of halogens is 1. The van der Waals surface area contributed by atoms with Crippen LogP contribution in [0.15, 0.2) is 29.4 Å². The first-order chi connectivity index (χ1) is 21.8. The monoisotopic (exact) mass is 659 g/mol. The highest BCUT2D eigenvalue weighted by atomic mass is 35.5. The summed E-state index contributed by atoms with van der Waals surface area (Å²) in [5, 5.41) is 18.4. The molecule has 5 atom stereocenters. The minimum Gasteiger partial charge on any atom is -0.467 e. The lowest BCUT2D eigenvalue weighted by molar-refractivity contribution is -0.153. The number of nitrogens with one attached hydrogen (secondary N) is 1. The highest BCUT2D eigenvalue weighted by Crippen LogP contribution is 2.42. The molecule has 2 heterocycles. The summed E-state index contributed by atoms with van der Waals surface area (Å²) in [4.78, 5) is 61.7. The SMILES string of the molecule is CCC[C@H](NC(=O)[C@@H]1C[C@]2(CC(c3cccc(Cl)c3)=NO2)CN1C(=O)[C@@H](CC(=O)CC1CCCCC1)C(C)(C)C)C(O)C(=O)OC. The van der Waals surface area contributed by atoms with Crippen LogP contribution in [0, 0.1) is 17.3 Å². The van der Waals surface area contributed by atoms with Crippen molar-refractivity contribution >= 4 is 40.9 Å². The maximum Gasteiger partial charge on any atom is 0.336 e. The second-order valence-electron chi connectivity index (χ2n) is 14.4. The molecule has 0 bridgehead atoms. The Hall–Kier alpha value is -2.98. The maximum atomic E-state index is 14.5. The van der Waals surface area contributed by atoms with Gasteiger partial charge in [-0.15, -0.1) is 0 Å². The third-order valence-electron chi connectivity index (χ3n) is 9.75. The molecule has 46 heavy (non-hydrogen) atoms. The van der Waals surface area contributed by atoms with E-state index in [4.69, 9.17) is 21.2 Å². The van der Waals surface area contributed by atoms with Crippen molar-refractivity contribution in [3.8, 4) is 0 Å². The molecular formula is C35H50ClN3O7. The van der Waals surface area contributed by atoms with Crippen LogP contribution in [0.5, 0.6) is 0 Å². The van der Waals surface area contributed by atoms with Gasteiger partial charge in [-0.05, 0) is 29.9 Å². The first kappa shape index (κ1) is 35.9. The summed E-state index contributed by atoms with van der Waals surface area (Å²) >= 11 is 6.23. The van der Waals surface area contributed by atoms with Gasteiger partial charge in [-0.2, -0.15) is 0 Å². The second-order valence-corrected chi connectivity index (χ2v) is 14.9. The average molecular weight is 660 g/mol. The van der Waals surface area contributed by atoms with Gasteiger partial charge in [0.1, 0.15) is 11.8 Å². The number of hydrogen-bond donors (Lipinski definition) is 2. The number of nitrogens with zero attached hydrogens (tertiary/aromatic N) is 2. The molecule has 2 aliphatic heterocycles. The van der Waals surface area contributed by atoms with E-state index >= 15 is 0 Å². The van der Waals surface area contributed by atoms with Crippen molar-refractivity contribution < 1.29 is 33.9 Å². The Bertz CT molecular complexity index is 1310. The van der Waals surface area contributed by atoms with Gasteiger partial charge in [-0.1, -0.05) is 95.1 Å². The molecule has 1 unspecified atom stereocenters. The van der Waals surface area contributed by atoms with E-state index in [1.807, 2.05) is 39.8 Å². The number of carbonyl (C=O) groups excluding carboxylic acids is 4. The molecule has 1 aromatic carbocycles. The summed E-state index contributed by atoms with van der Waals surface area (Å²) < 4.78 is 4.72. The number of aliphatic hydroxyl groups is 1. The number of methoxy groups -OCH3 is 1. The molecular weight excluding hydrogens is 610 g/mol. The predicted molar refractivity (Wildman–Crippen MR) is 175 cm³/mol. The molecule has 4 rings (SSSR count). The van der Waals surface area contributed by atoms with Crippen molar-refractivity contribution in [1.82, 2.24) is 10.2 Å². The highest BCUT2D eigenvalue weighted by Gasteiger charge is 2.55. The third kappa shape index (κ3) is 8.68. The van der Waals surface area contributed by atoms with Gasteiger partial charge < -0.3 is 24.9 Å². The van der Waals surface area contributed by atoms with Gasteiger partial charge in [0, 0.05) is 42.2 Å². The number of Topliss-reactive ketones (excluding diaryl/α,β-unsaturated/α-hetero) is 1. The molecule has 1 aromatic rings.